The van der Waals surface area contributed by atoms with Gasteiger partial charge in [0.1, 0.15) is 11.9 Å². The van der Waals surface area contributed by atoms with Crippen LogP contribution in [0.5, 0.6) is 5.75 Å². The fourth-order valence-corrected chi connectivity index (χ4v) is 3.00. The van der Waals surface area contributed by atoms with Gasteiger partial charge in [-0.25, -0.2) is 9.59 Å². The Bertz CT molecular complexity index is 747. The van der Waals surface area contributed by atoms with Crippen LogP contribution in [0.3, 0.4) is 0 Å². The topological polar surface area (TPSA) is 64.6 Å². The van der Waals surface area contributed by atoms with E-state index in [4.69, 9.17) is 9.47 Å². The molecule has 26 heavy (non-hydrogen) atoms. The maximum Gasteiger partial charge on any atom is 0.343 e. The molecular weight excluding hydrogens is 330 g/mol. The molecule has 3 rings (SSSR count). The number of carbonyl (C=O) groups is 2. The predicted molar refractivity (Wildman–Crippen MR) is 99.7 cm³/mol. The van der Waals surface area contributed by atoms with Crippen molar-refractivity contribution in [3.05, 3.63) is 59.7 Å². The zero-order valence-corrected chi connectivity index (χ0v) is 14.9. The molecule has 0 heterocycles. The van der Waals surface area contributed by atoms with Crippen molar-refractivity contribution in [3.63, 3.8) is 0 Å². The minimum absolute atomic E-state index is 0.0153. The van der Waals surface area contributed by atoms with Gasteiger partial charge in [-0.15, -0.1) is 0 Å². The van der Waals surface area contributed by atoms with Gasteiger partial charge in [0.25, 0.3) is 0 Å². The summed E-state index contributed by atoms with van der Waals surface area (Å²) in [7, 11) is 1.82. The molecule has 0 radical (unpaired) electrons. The number of ether oxygens (including phenoxy) is 2. The van der Waals surface area contributed by atoms with Crippen molar-refractivity contribution in [2.75, 3.05) is 12.4 Å². The van der Waals surface area contributed by atoms with Crippen LogP contribution in [-0.2, 0) is 4.74 Å². The first-order valence-corrected chi connectivity index (χ1v) is 8.97. The summed E-state index contributed by atoms with van der Waals surface area (Å²) in [6.07, 6.45) is 5.31. The first kappa shape index (κ1) is 18.0. The Labute approximate surface area is 153 Å². The van der Waals surface area contributed by atoms with Crippen LogP contribution in [0.4, 0.5) is 5.69 Å². The molecule has 136 valence electrons. The second kappa shape index (κ2) is 8.52. The molecule has 0 amide bonds. The number of nitrogens with one attached hydrogen (secondary N) is 1. The standard InChI is InChI=1S/C21H23NO4/c1-22-17-11-13-19(14-12-17)26-21(24)16-9-7-15(8-10-16)20(23)25-18-5-3-2-4-6-18/h7-14,18,22H,2-6H2,1H3. The first-order chi connectivity index (χ1) is 12.7. The summed E-state index contributed by atoms with van der Waals surface area (Å²) < 4.78 is 10.9. The van der Waals surface area contributed by atoms with Gasteiger partial charge in [0.2, 0.25) is 0 Å². The molecule has 1 saturated carbocycles. The molecule has 1 aliphatic rings. The Morgan fingerprint density at radius 3 is 2.00 bits per heavy atom. The van der Waals surface area contributed by atoms with E-state index in [9.17, 15) is 9.59 Å². The number of rotatable bonds is 5. The summed E-state index contributed by atoms with van der Waals surface area (Å²) in [4.78, 5) is 24.4. The van der Waals surface area contributed by atoms with Crippen LogP contribution in [0.25, 0.3) is 0 Å². The number of carbonyl (C=O) groups excluding carboxylic acids is 2. The minimum Gasteiger partial charge on any atom is -0.459 e. The van der Waals surface area contributed by atoms with E-state index < -0.39 is 5.97 Å². The van der Waals surface area contributed by atoms with Gasteiger partial charge in [-0.05, 0) is 74.2 Å². The highest BCUT2D eigenvalue weighted by Crippen LogP contribution is 2.22. The van der Waals surface area contributed by atoms with Crippen LogP contribution >= 0.6 is 0 Å². The summed E-state index contributed by atoms with van der Waals surface area (Å²) in [5.41, 5.74) is 1.77. The molecule has 0 bridgehead atoms. The second-order valence-corrected chi connectivity index (χ2v) is 6.41. The lowest BCUT2D eigenvalue weighted by atomic mass is 9.98. The van der Waals surface area contributed by atoms with E-state index in [0.717, 1.165) is 31.4 Å². The van der Waals surface area contributed by atoms with Crippen molar-refractivity contribution in [1.82, 2.24) is 0 Å². The predicted octanol–water partition coefficient (Wildman–Crippen LogP) is 4.44. The maximum atomic E-state index is 12.2. The number of esters is 2. The summed E-state index contributed by atoms with van der Waals surface area (Å²) >= 11 is 0. The summed E-state index contributed by atoms with van der Waals surface area (Å²) in [5, 5.41) is 3.00. The Hall–Kier alpha value is -2.82. The van der Waals surface area contributed by atoms with Crippen molar-refractivity contribution in [1.29, 1.82) is 0 Å². The van der Waals surface area contributed by atoms with Crippen LogP contribution in [0, 0.1) is 0 Å². The lowest BCUT2D eigenvalue weighted by Gasteiger charge is -2.21. The third-order valence-electron chi connectivity index (χ3n) is 4.54. The Balaban J connectivity index is 1.58. The fraction of sp³-hybridized carbons (Fsp3) is 0.333. The van der Waals surface area contributed by atoms with Gasteiger partial charge in [-0.3, -0.25) is 0 Å². The van der Waals surface area contributed by atoms with E-state index in [1.165, 1.54) is 6.42 Å². The van der Waals surface area contributed by atoms with Crippen molar-refractivity contribution >= 4 is 17.6 Å². The normalized spacial score (nSPS) is 14.5. The molecule has 0 unspecified atom stereocenters. The highest BCUT2D eigenvalue weighted by atomic mass is 16.5. The van der Waals surface area contributed by atoms with Crippen molar-refractivity contribution in [3.8, 4) is 5.75 Å². The minimum atomic E-state index is -0.464. The summed E-state index contributed by atoms with van der Waals surface area (Å²) in [6.45, 7) is 0. The van der Waals surface area contributed by atoms with E-state index >= 15 is 0 Å². The van der Waals surface area contributed by atoms with Crippen LogP contribution in [0.2, 0.25) is 0 Å². The average molecular weight is 353 g/mol. The quantitative estimate of drug-likeness (QED) is 0.636. The van der Waals surface area contributed by atoms with Gasteiger partial charge >= 0.3 is 11.9 Å². The summed E-state index contributed by atoms with van der Waals surface area (Å²) in [5.74, 6) is -0.330. The summed E-state index contributed by atoms with van der Waals surface area (Å²) in [6, 6.07) is 13.5. The molecule has 5 heteroatoms. The van der Waals surface area contributed by atoms with Gasteiger partial charge in [0.15, 0.2) is 0 Å². The van der Waals surface area contributed by atoms with Crippen LogP contribution in [0.1, 0.15) is 52.8 Å². The Kier molecular flexibility index (Phi) is 5.89. The number of hydrogen-bond donors (Lipinski definition) is 1. The molecule has 0 saturated heterocycles. The zero-order chi connectivity index (χ0) is 18.4. The lowest BCUT2D eigenvalue weighted by molar-refractivity contribution is 0.0211. The van der Waals surface area contributed by atoms with Gasteiger partial charge < -0.3 is 14.8 Å². The maximum absolute atomic E-state index is 12.2. The second-order valence-electron chi connectivity index (χ2n) is 6.41. The van der Waals surface area contributed by atoms with Crippen LogP contribution < -0.4 is 10.1 Å². The molecule has 1 aliphatic carbocycles. The van der Waals surface area contributed by atoms with Gasteiger partial charge in [0, 0.05) is 12.7 Å². The molecule has 1 fully saturated rings. The highest BCUT2D eigenvalue weighted by molar-refractivity contribution is 5.94. The molecule has 0 atom stereocenters. The van der Waals surface area contributed by atoms with Gasteiger partial charge in [-0.1, -0.05) is 6.42 Å². The molecule has 0 spiro atoms. The molecule has 0 aromatic heterocycles. The number of anilines is 1. The Morgan fingerprint density at radius 1 is 0.846 bits per heavy atom. The van der Waals surface area contributed by atoms with E-state index in [1.54, 1.807) is 36.4 Å². The number of hydrogen-bond acceptors (Lipinski definition) is 5. The molecule has 5 nitrogen and oxygen atoms in total. The van der Waals surface area contributed by atoms with E-state index in [1.807, 2.05) is 19.2 Å². The lowest BCUT2D eigenvalue weighted by Crippen LogP contribution is -2.21. The monoisotopic (exact) mass is 353 g/mol. The van der Waals surface area contributed by atoms with Crippen molar-refractivity contribution < 1.29 is 19.1 Å². The third-order valence-corrected chi connectivity index (χ3v) is 4.54. The number of benzene rings is 2. The smallest absolute Gasteiger partial charge is 0.343 e. The van der Waals surface area contributed by atoms with Gasteiger partial charge in [0.05, 0.1) is 11.1 Å². The third kappa shape index (κ3) is 4.63. The fourth-order valence-electron chi connectivity index (χ4n) is 3.00. The van der Waals surface area contributed by atoms with Gasteiger partial charge in [-0.2, -0.15) is 0 Å². The molecular formula is C21H23NO4. The Morgan fingerprint density at radius 2 is 1.42 bits per heavy atom. The van der Waals surface area contributed by atoms with Crippen LogP contribution in [0.15, 0.2) is 48.5 Å². The van der Waals surface area contributed by atoms with Crippen molar-refractivity contribution in [2.24, 2.45) is 0 Å². The SMILES string of the molecule is CNc1ccc(OC(=O)c2ccc(C(=O)OC3CCCCC3)cc2)cc1. The molecule has 2 aromatic rings. The molecule has 0 aliphatic heterocycles. The zero-order valence-electron chi connectivity index (χ0n) is 14.9. The van der Waals surface area contributed by atoms with Crippen molar-refractivity contribution in [2.45, 2.75) is 38.2 Å². The molecule has 1 N–H and O–H groups in total. The average Bonchev–Trinajstić information content (AvgIpc) is 2.69. The highest BCUT2D eigenvalue weighted by Gasteiger charge is 2.19. The largest absolute Gasteiger partial charge is 0.459 e. The van der Waals surface area contributed by atoms with E-state index in [-0.39, 0.29) is 12.1 Å². The van der Waals surface area contributed by atoms with E-state index in [2.05, 4.69) is 5.32 Å². The first-order valence-electron chi connectivity index (χ1n) is 8.97. The molecule has 2 aromatic carbocycles. The van der Waals surface area contributed by atoms with Crippen LogP contribution in [-0.4, -0.2) is 25.1 Å². The van der Waals surface area contributed by atoms with E-state index in [0.29, 0.717) is 16.9 Å².